The molecule has 4 nitrogen and oxygen atoms in total. The number of carbonyl (C=O) groups is 1. The lowest BCUT2D eigenvalue weighted by Gasteiger charge is -2.17. The standard InChI is InChI=1S/C24H32INO3S3/c25-32(28,29)18-16-26-24(27)14-8-7-13-23(31-20-22-11-5-2-6-12-22)15-17-30-19-21-9-3-1-4-10-21/h1-6,9-12,23H,7-8,13-20H2,(H,26,27). The van der Waals surface area contributed by atoms with Crippen LogP contribution < -0.4 is 5.32 Å². The van der Waals surface area contributed by atoms with Gasteiger partial charge < -0.3 is 5.32 Å². The smallest absolute Gasteiger partial charge is 0.220 e. The Labute approximate surface area is 213 Å². The summed E-state index contributed by atoms with van der Waals surface area (Å²) in [5, 5.41) is 3.27. The molecule has 32 heavy (non-hydrogen) atoms. The van der Waals surface area contributed by atoms with Gasteiger partial charge in [0.2, 0.25) is 12.9 Å². The van der Waals surface area contributed by atoms with Crippen molar-refractivity contribution in [3.63, 3.8) is 0 Å². The second-order valence-corrected chi connectivity index (χ2v) is 15.5. The summed E-state index contributed by atoms with van der Waals surface area (Å²) in [7, 11) is -3.06. The summed E-state index contributed by atoms with van der Waals surface area (Å²) in [4.78, 5) is 11.9. The minimum absolute atomic E-state index is 0.0157. The molecule has 0 fully saturated rings. The predicted molar refractivity (Wildman–Crippen MR) is 148 cm³/mol. The van der Waals surface area contributed by atoms with E-state index in [1.165, 1.54) is 32.3 Å². The van der Waals surface area contributed by atoms with Gasteiger partial charge in [0.1, 0.15) is 0 Å². The lowest BCUT2D eigenvalue weighted by atomic mass is 10.1. The van der Waals surface area contributed by atoms with E-state index in [9.17, 15) is 13.2 Å². The fourth-order valence-electron chi connectivity index (χ4n) is 3.14. The summed E-state index contributed by atoms with van der Waals surface area (Å²) in [6, 6.07) is 21.2. The van der Waals surface area contributed by atoms with Gasteiger partial charge in [-0.05, 0) is 36.1 Å². The molecule has 0 aliphatic rings. The van der Waals surface area contributed by atoms with Crippen LogP contribution in [-0.2, 0) is 23.3 Å². The van der Waals surface area contributed by atoms with Crippen molar-refractivity contribution in [2.75, 3.05) is 18.1 Å². The number of hydrogen-bond acceptors (Lipinski definition) is 5. The van der Waals surface area contributed by atoms with Crippen molar-refractivity contribution < 1.29 is 13.2 Å². The Bertz CT molecular complexity index is 880. The second-order valence-electron chi connectivity index (χ2n) is 7.58. The maximum Gasteiger partial charge on any atom is 0.220 e. The van der Waals surface area contributed by atoms with E-state index in [1.807, 2.05) is 29.6 Å². The molecule has 0 aliphatic carbocycles. The summed E-state index contributed by atoms with van der Waals surface area (Å²) < 4.78 is 22.3. The molecule has 0 spiro atoms. The van der Waals surface area contributed by atoms with Gasteiger partial charge >= 0.3 is 0 Å². The SMILES string of the molecule is O=C(CCCCC(CCSCc1ccccc1)SCc1ccccc1)NCCS(=O)(=O)I. The first kappa shape index (κ1) is 27.5. The average Bonchev–Trinajstić information content (AvgIpc) is 2.77. The molecule has 2 aromatic carbocycles. The van der Waals surface area contributed by atoms with Crippen LogP contribution in [0.2, 0.25) is 0 Å². The predicted octanol–water partition coefficient (Wildman–Crippen LogP) is 6.05. The zero-order chi connectivity index (χ0) is 23.1. The highest BCUT2D eigenvalue weighted by atomic mass is 127. The fourth-order valence-corrected chi connectivity index (χ4v) is 6.55. The Kier molecular flexibility index (Phi) is 13.8. The maximum absolute atomic E-state index is 11.9. The highest BCUT2D eigenvalue weighted by Gasteiger charge is 2.11. The molecule has 2 aromatic rings. The van der Waals surface area contributed by atoms with Gasteiger partial charge in [-0.1, -0.05) is 67.1 Å². The van der Waals surface area contributed by atoms with Crippen LogP contribution in [0.4, 0.5) is 0 Å². The maximum atomic E-state index is 11.9. The van der Waals surface area contributed by atoms with Gasteiger partial charge in [0.05, 0.1) is 27.0 Å². The van der Waals surface area contributed by atoms with Crippen molar-refractivity contribution in [2.24, 2.45) is 0 Å². The molecule has 2 rings (SSSR count). The zero-order valence-corrected chi connectivity index (χ0v) is 22.9. The van der Waals surface area contributed by atoms with Crippen LogP contribution in [0.3, 0.4) is 0 Å². The highest BCUT2D eigenvalue weighted by Crippen LogP contribution is 2.27. The normalized spacial score (nSPS) is 12.4. The molecule has 1 unspecified atom stereocenters. The van der Waals surface area contributed by atoms with E-state index in [4.69, 9.17) is 0 Å². The summed E-state index contributed by atoms with van der Waals surface area (Å²) in [6.45, 7) is 0.193. The van der Waals surface area contributed by atoms with Crippen molar-refractivity contribution in [1.82, 2.24) is 5.32 Å². The average molecular weight is 606 g/mol. The van der Waals surface area contributed by atoms with E-state index in [2.05, 4.69) is 59.9 Å². The van der Waals surface area contributed by atoms with Crippen molar-refractivity contribution in [2.45, 2.75) is 48.9 Å². The van der Waals surface area contributed by atoms with Gasteiger partial charge in [0.25, 0.3) is 0 Å². The number of unbranched alkanes of at least 4 members (excludes halogenated alkanes) is 1. The minimum Gasteiger partial charge on any atom is -0.355 e. The van der Waals surface area contributed by atoms with E-state index in [0.717, 1.165) is 42.9 Å². The van der Waals surface area contributed by atoms with Gasteiger partial charge in [0, 0.05) is 29.7 Å². The lowest BCUT2D eigenvalue weighted by Crippen LogP contribution is -2.27. The van der Waals surface area contributed by atoms with Crippen molar-refractivity contribution >= 4 is 57.6 Å². The molecule has 1 N–H and O–H groups in total. The summed E-state index contributed by atoms with van der Waals surface area (Å²) in [5.74, 6) is 3.12. The summed E-state index contributed by atoms with van der Waals surface area (Å²) >= 11 is 5.41. The molecule has 0 saturated heterocycles. The van der Waals surface area contributed by atoms with Gasteiger partial charge in [-0.15, -0.1) is 0 Å². The Morgan fingerprint density at radius 3 is 2.16 bits per heavy atom. The molecule has 0 bridgehead atoms. The number of amides is 1. The topological polar surface area (TPSA) is 63.2 Å². The first-order chi connectivity index (χ1) is 15.4. The summed E-state index contributed by atoms with van der Waals surface area (Å²) in [5.41, 5.74) is 2.72. The Balaban J connectivity index is 1.69. The molecular weight excluding hydrogens is 573 g/mol. The monoisotopic (exact) mass is 605 g/mol. The zero-order valence-electron chi connectivity index (χ0n) is 18.2. The first-order valence-corrected chi connectivity index (χ1v) is 17.3. The highest BCUT2D eigenvalue weighted by molar-refractivity contribution is 14.2. The quantitative estimate of drug-likeness (QED) is 0.143. The minimum atomic E-state index is -3.06. The van der Waals surface area contributed by atoms with Gasteiger partial charge in [0.15, 0.2) is 0 Å². The Hall–Kier alpha value is -0.710. The van der Waals surface area contributed by atoms with Crippen LogP contribution in [0, 0.1) is 0 Å². The van der Waals surface area contributed by atoms with Crippen LogP contribution in [0.5, 0.6) is 0 Å². The van der Waals surface area contributed by atoms with Crippen LogP contribution in [0.25, 0.3) is 0 Å². The van der Waals surface area contributed by atoms with Crippen LogP contribution in [0.1, 0.15) is 43.2 Å². The molecule has 8 heteroatoms. The van der Waals surface area contributed by atoms with Crippen molar-refractivity contribution in [3.05, 3.63) is 71.8 Å². The number of hydrogen-bond donors (Lipinski definition) is 1. The van der Waals surface area contributed by atoms with E-state index in [0.29, 0.717) is 11.7 Å². The van der Waals surface area contributed by atoms with E-state index in [1.54, 1.807) is 0 Å². The van der Waals surface area contributed by atoms with E-state index in [-0.39, 0.29) is 18.2 Å². The third-order valence-corrected chi connectivity index (χ3v) is 9.39. The molecule has 0 aromatic heterocycles. The molecular formula is C24H32INO3S3. The Morgan fingerprint density at radius 1 is 0.906 bits per heavy atom. The van der Waals surface area contributed by atoms with Crippen LogP contribution >= 0.6 is 44.7 Å². The molecule has 0 saturated carbocycles. The number of carbonyl (C=O) groups excluding carboxylic acids is 1. The van der Waals surface area contributed by atoms with Crippen LogP contribution in [0.15, 0.2) is 60.7 Å². The van der Waals surface area contributed by atoms with Crippen molar-refractivity contribution in [3.8, 4) is 0 Å². The Morgan fingerprint density at radius 2 is 1.53 bits per heavy atom. The number of nitrogens with one attached hydrogen (secondary N) is 1. The first-order valence-electron chi connectivity index (χ1n) is 10.9. The molecule has 176 valence electrons. The van der Waals surface area contributed by atoms with E-state index < -0.39 is 7.01 Å². The molecule has 1 atom stereocenters. The molecule has 0 aliphatic heterocycles. The second kappa shape index (κ2) is 16.0. The number of thioether (sulfide) groups is 2. The number of benzene rings is 2. The third-order valence-electron chi connectivity index (χ3n) is 4.87. The lowest BCUT2D eigenvalue weighted by molar-refractivity contribution is -0.121. The molecule has 0 heterocycles. The largest absolute Gasteiger partial charge is 0.355 e. The number of halogens is 1. The van der Waals surface area contributed by atoms with Crippen LogP contribution in [-0.4, -0.2) is 37.6 Å². The third kappa shape index (κ3) is 13.7. The molecule has 1 amide bonds. The van der Waals surface area contributed by atoms with Gasteiger partial charge in [-0.3, -0.25) is 4.79 Å². The van der Waals surface area contributed by atoms with Crippen molar-refractivity contribution in [1.29, 1.82) is 0 Å². The fraction of sp³-hybridized carbons (Fsp3) is 0.458. The van der Waals surface area contributed by atoms with Gasteiger partial charge in [-0.25, -0.2) is 8.42 Å². The summed E-state index contributed by atoms with van der Waals surface area (Å²) in [6.07, 6.45) is 4.56. The van der Waals surface area contributed by atoms with E-state index >= 15 is 0 Å². The molecule has 0 radical (unpaired) electrons. The van der Waals surface area contributed by atoms with Gasteiger partial charge in [-0.2, -0.15) is 23.5 Å². The number of rotatable bonds is 16.